The van der Waals surface area contributed by atoms with Crippen molar-refractivity contribution in [3.05, 3.63) is 0 Å². The van der Waals surface area contributed by atoms with Crippen LogP contribution in [0.25, 0.3) is 0 Å². The summed E-state index contributed by atoms with van der Waals surface area (Å²) < 4.78 is 0. The van der Waals surface area contributed by atoms with Gasteiger partial charge in [0.25, 0.3) is 0 Å². The van der Waals surface area contributed by atoms with E-state index < -0.39 is 5.97 Å². The first-order valence-electron chi connectivity index (χ1n) is 6.28. The molecule has 1 aliphatic rings. The molecular weight excluding hydrogens is 220 g/mol. The van der Waals surface area contributed by atoms with Gasteiger partial charge in [0, 0.05) is 19.5 Å². The minimum Gasteiger partial charge on any atom is -0.481 e. The lowest BCUT2D eigenvalue weighted by Crippen LogP contribution is -2.49. The Kier molecular flexibility index (Phi) is 5.41. The van der Waals surface area contributed by atoms with Crippen LogP contribution in [0.3, 0.4) is 0 Å². The van der Waals surface area contributed by atoms with Crippen LogP contribution in [0, 0.1) is 5.92 Å². The molecule has 1 rings (SSSR count). The van der Waals surface area contributed by atoms with Crippen LogP contribution in [-0.4, -0.2) is 47.6 Å². The molecule has 1 fully saturated rings. The smallest absolute Gasteiger partial charge is 0.303 e. The van der Waals surface area contributed by atoms with Gasteiger partial charge in [-0.15, -0.1) is 0 Å². The number of hydrogen-bond donors (Lipinski definition) is 2. The number of nitrogens with one attached hydrogen (secondary N) is 1. The van der Waals surface area contributed by atoms with E-state index in [4.69, 9.17) is 5.11 Å². The molecule has 1 aliphatic heterocycles. The van der Waals surface area contributed by atoms with Crippen molar-refractivity contribution < 1.29 is 14.7 Å². The van der Waals surface area contributed by atoms with Crippen molar-refractivity contribution in [3.8, 4) is 0 Å². The zero-order valence-corrected chi connectivity index (χ0v) is 10.6. The van der Waals surface area contributed by atoms with E-state index >= 15 is 0 Å². The Labute approximate surface area is 102 Å². The topological polar surface area (TPSA) is 69.6 Å². The van der Waals surface area contributed by atoms with Gasteiger partial charge in [0.2, 0.25) is 5.91 Å². The second-order valence-corrected chi connectivity index (χ2v) is 4.67. The van der Waals surface area contributed by atoms with Gasteiger partial charge in [-0.25, -0.2) is 0 Å². The lowest BCUT2D eigenvalue weighted by molar-refractivity contribution is -0.138. The summed E-state index contributed by atoms with van der Waals surface area (Å²) in [6.07, 6.45) is 2.13. The molecule has 0 saturated carbocycles. The quantitative estimate of drug-likeness (QED) is 0.744. The molecule has 2 atom stereocenters. The van der Waals surface area contributed by atoms with E-state index in [0.29, 0.717) is 13.1 Å². The molecule has 0 aromatic heterocycles. The minimum absolute atomic E-state index is 0.0310. The number of amides is 1. The fourth-order valence-corrected chi connectivity index (χ4v) is 2.35. The Balaban J connectivity index is 2.48. The van der Waals surface area contributed by atoms with Crippen LogP contribution in [0.4, 0.5) is 0 Å². The Bertz CT molecular complexity index is 281. The number of carbonyl (C=O) groups excluding carboxylic acids is 1. The molecule has 0 aromatic rings. The fourth-order valence-electron chi connectivity index (χ4n) is 2.35. The van der Waals surface area contributed by atoms with Crippen molar-refractivity contribution in [2.24, 2.45) is 5.92 Å². The number of likely N-dealkylation sites (tertiary alicyclic amines) is 1. The van der Waals surface area contributed by atoms with Crippen molar-refractivity contribution in [1.82, 2.24) is 10.2 Å². The lowest BCUT2D eigenvalue weighted by Gasteiger charge is -2.35. The van der Waals surface area contributed by atoms with E-state index in [1.165, 1.54) is 0 Å². The van der Waals surface area contributed by atoms with Crippen LogP contribution in [0.2, 0.25) is 0 Å². The van der Waals surface area contributed by atoms with Crippen LogP contribution >= 0.6 is 0 Å². The van der Waals surface area contributed by atoms with Crippen LogP contribution in [-0.2, 0) is 9.59 Å². The molecule has 0 radical (unpaired) electrons. The van der Waals surface area contributed by atoms with E-state index in [0.717, 1.165) is 19.4 Å². The maximum atomic E-state index is 11.7. The first-order chi connectivity index (χ1) is 8.04. The molecular formula is C12H22N2O3. The maximum absolute atomic E-state index is 11.7. The molecule has 5 heteroatoms. The van der Waals surface area contributed by atoms with Gasteiger partial charge in [0.1, 0.15) is 0 Å². The highest BCUT2D eigenvalue weighted by atomic mass is 16.4. The second kappa shape index (κ2) is 6.59. The van der Waals surface area contributed by atoms with E-state index in [2.05, 4.69) is 10.2 Å². The van der Waals surface area contributed by atoms with Gasteiger partial charge in [-0.3, -0.25) is 14.5 Å². The van der Waals surface area contributed by atoms with E-state index in [1.807, 2.05) is 13.8 Å². The zero-order chi connectivity index (χ0) is 12.8. The third kappa shape index (κ3) is 4.34. The summed E-state index contributed by atoms with van der Waals surface area (Å²) in [4.78, 5) is 24.5. The number of rotatable bonds is 5. The van der Waals surface area contributed by atoms with Crippen LogP contribution in [0.1, 0.15) is 33.1 Å². The predicted molar refractivity (Wildman–Crippen MR) is 64.7 cm³/mol. The number of carbonyl (C=O) groups is 2. The Morgan fingerprint density at radius 3 is 2.82 bits per heavy atom. The lowest BCUT2D eigenvalue weighted by atomic mass is 9.94. The minimum atomic E-state index is -0.748. The van der Waals surface area contributed by atoms with Crippen molar-refractivity contribution >= 4 is 11.9 Å². The molecule has 1 heterocycles. The molecule has 0 aromatic carbocycles. The molecule has 98 valence electrons. The molecule has 2 N–H and O–H groups in total. The number of nitrogens with zero attached hydrogens (tertiary/aromatic N) is 1. The first-order valence-corrected chi connectivity index (χ1v) is 6.28. The molecule has 5 nitrogen and oxygen atoms in total. The second-order valence-electron chi connectivity index (χ2n) is 4.67. The third-order valence-corrected chi connectivity index (χ3v) is 3.29. The average molecular weight is 242 g/mol. The van der Waals surface area contributed by atoms with Crippen molar-refractivity contribution in [2.75, 3.05) is 19.6 Å². The summed E-state index contributed by atoms with van der Waals surface area (Å²) in [5.74, 6) is -0.538. The highest BCUT2D eigenvalue weighted by Crippen LogP contribution is 2.21. The zero-order valence-electron chi connectivity index (χ0n) is 10.6. The average Bonchev–Trinajstić information content (AvgIpc) is 2.28. The number of piperidine rings is 1. The Morgan fingerprint density at radius 2 is 2.24 bits per heavy atom. The summed E-state index contributed by atoms with van der Waals surface area (Å²) in [5.41, 5.74) is 0. The number of carboxylic acid groups (broad SMARTS) is 1. The van der Waals surface area contributed by atoms with Gasteiger partial charge in [0.05, 0.1) is 6.04 Å². The third-order valence-electron chi connectivity index (χ3n) is 3.29. The highest BCUT2D eigenvalue weighted by Gasteiger charge is 2.27. The van der Waals surface area contributed by atoms with Gasteiger partial charge in [-0.05, 0) is 39.2 Å². The Hall–Kier alpha value is -1.10. The van der Waals surface area contributed by atoms with E-state index in [1.54, 1.807) is 0 Å². The van der Waals surface area contributed by atoms with Gasteiger partial charge < -0.3 is 10.4 Å². The summed E-state index contributed by atoms with van der Waals surface area (Å²) in [6.45, 7) is 6.01. The van der Waals surface area contributed by atoms with Crippen molar-refractivity contribution in [2.45, 2.75) is 39.2 Å². The first kappa shape index (κ1) is 14.0. The molecule has 0 bridgehead atoms. The molecule has 0 spiro atoms. The normalized spacial score (nSPS) is 23.1. The fraction of sp³-hybridized carbons (Fsp3) is 0.833. The van der Waals surface area contributed by atoms with Crippen LogP contribution in [0.5, 0.6) is 0 Å². The molecule has 1 saturated heterocycles. The van der Waals surface area contributed by atoms with Gasteiger partial charge in [-0.1, -0.05) is 0 Å². The van der Waals surface area contributed by atoms with E-state index in [9.17, 15) is 9.59 Å². The molecule has 0 aliphatic carbocycles. The standard InChI is InChI=1S/C12H22N2O3/c1-3-13-12(17)9(2)14-6-4-5-10(8-14)7-11(15)16/h9-10H,3-8H2,1-2H3,(H,13,17)(H,15,16). The van der Waals surface area contributed by atoms with Crippen LogP contribution < -0.4 is 5.32 Å². The van der Waals surface area contributed by atoms with Crippen LogP contribution in [0.15, 0.2) is 0 Å². The van der Waals surface area contributed by atoms with Gasteiger partial charge in [-0.2, -0.15) is 0 Å². The summed E-state index contributed by atoms with van der Waals surface area (Å²) in [7, 11) is 0. The predicted octanol–water partition coefficient (Wildman–Crippen LogP) is 0.698. The number of hydrogen-bond acceptors (Lipinski definition) is 3. The highest BCUT2D eigenvalue weighted by molar-refractivity contribution is 5.81. The Morgan fingerprint density at radius 1 is 1.53 bits per heavy atom. The van der Waals surface area contributed by atoms with Gasteiger partial charge >= 0.3 is 5.97 Å². The summed E-state index contributed by atoms with van der Waals surface area (Å²) in [5, 5.41) is 11.6. The van der Waals surface area contributed by atoms with Gasteiger partial charge in [0.15, 0.2) is 0 Å². The monoisotopic (exact) mass is 242 g/mol. The molecule has 2 unspecified atom stereocenters. The largest absolute Gasteiger partial charge is 0.481 e. The molecule has 17 heavy (non-hydrogen) atoms. The molecule has 1 amide bonds. The maximum Gasteiger partial charge on any atom is 0.303 e. The van der Waals surface area contributed by atoms with Crippen molar-refractivity contribution in [1.29, 1.82) is 0 Å². The summed E-state index contributed by atoms with van der Waals surface area (Å²) >= 11 is 0. The number of carboxylic acids is 1. The number of aliphatic carboxylic acids is 1. The number of likely N-dealkylation sites (N-methyl/N-ethyl adjacent to an activating group) is 1. The summed E-state index contributed by atoms with van der Waals surface area (Å²) in [6, 6.07) is -0.161. The SMILES string of the molecule is CCNC(=O)C(C)N1CCCC(CC(=O)O)C1. The van der Waals surface area contributed by atoms with Crippen molar-refractivity contribution in [3.63, 3.8) is 0 Å². The van der Waals surface area contributed by atoms with E-state index in [-0.39, 0.29) is 24.3 Å².